The fraction of sp³-hybridized carbons (Fsp3) is 0.857. The first-order valence-corrected chi connectivity index (χ1v) is 7.32. The number of carboxylic acid groups (broad SMARTS) is 1. The highest BCUT2D eigenvalue weighted by molar-refractivity contribution is 5.74. The molecule has 0 aromatic carbocycles. The molecule has 5 heteroatoms. The van der Waals surface area contributed by atoms with Crippen molar-refractivity contribution < 1.29 is 14.7 Å². The van der Waals surface area contributed by atoms with Gasteiger partial charge in [0.1, 0.15) is 0 Å². The lowest BCUT2D eigenvalue weighted by atomic mass is 9.96. The van der Waals surface area contributed by atoms with Gasteiger partial charge in [0.05, 0.1) is 5.92 Å². The van der Waals surface area contributed by atoms with Crippen LogP contribution in [0, 0.1) is 17.8 Å². The van der Waals surface area contributed by atoms with Gasteiger partial charge in [-0.05, 0) is 24.7 Å². The molecule has 0 spiro atoms. The first kappa shape index (κ1) is 15.8. The summed E-state index contributed by atoms with van der Waals surface area (Å²) in [5, 5.41) is 14.7. The number of carbonyl (C=O) groups is 2. The summed E-state index contributed by atoms with van der Waals surface area (Å²) in [5.41, 5.74) is 0. The molecule has 2 atom stereocenters. The van der Waals surface area contributed by atoms with Crippen LogP contribution in [-0.2, 0) is 4.79 Å². The van der Waals surface area contributed by atoms with Crippen LogP contribution in [0.4, 0.5) is 4.79 Å². The Morgan fingerprint density at radius 1 is 1.21 bits per heavy atom. The SMILES string of the molecule is CCC(CC)CNC(=O)NCC1CCCC1C(=O)O. The third-order valence-electron chi connectivity index (χ3n) is 4.21. The van der Waals surface area contributed by atoms with Gasteiger partial charge < -0.3 is 15.7 Å². The molecule has 0 bridgehead atoms. The van der Waals surface area contributed by atoms with Crippen molar-refractivity contribution in [2.24, 2.45) is 17.8 Å². The second-order valence-corrected chi connectivity index (χ2v) is 5.41. The van der Waals surface area contributed by atoms with Gasteiger partial charge in [0.15, 0.2) is 0 Å². The van der Waals surface area contributed by atoms with Gasteiger partial charge >= 0.3 is 12.0 Å². The van der Waals surface area contributed by atoms with E-state index >= 15 is 0 Å². The number of urea groups is 1. The number of aliphatic carboxylic acids is 1. The molecule has 1 rings (SSSR count). The van der Waals surface area contributed by atoms with Gasteiger partial charge in [-0.2, -0.15) is 0 Å². The average molecular weight is 270 g/mol. The van der Waals surface area contributed by atoms with Gasteiger partial charge in [-0.25, -0.2) is 4.79 Å². The third-order valence-corrected chi connectivity index (χ3v) is 4.21. The number of amides is 2. The average Bonchev–Trinajstić information content (AvgIpc) is 2.86. The molecular weight excluding hydrogens is 244 g/mol. The van der Waals surface area contributed by atoms with Crippen molar-refractivity contribution in [3.63, 3.8) is 0 Å². The van der Waals surface area contributed by atoms with Crippen LogP contribution in [0.1, 0.15) is 46.0 Å². The van der Waals surface area contributed by atoms with E-state index in [9.17, 15) is 9.59 Å². The van der Waals surface area contributed by atoms with Gasteiger partial charge in [-0.3, -0.25) is 4.79 Å². The number of carbonyl (C=O) groups excluding carboxylic acids is 1. The largest absolute Gasteiger partial charge is 0.481 e. The van der Waals surface area contributed by atoms with E-state index in [4.69, 9.17) is 5.11 Å². The second kappa shape index (κ2) is 8.02. The summed E-state index contributed by atoms with van der Waals surface area (Å²) in [6.45, 7) is 5.38. The maximum atomic E-state index is 11.6. The van der Waals surface area contributed by atoms with Crippen LogP contribution in [0.5, 0.6) is 0 Å². The lowest BCUT2D eigenvalue weighted by Crippen LogP contribution is -2.41. The molecule has 1 saturated carbocycles. The third kappa shape index (κ3) is 5.09. The van der Waals surface area contributed by atoms with Crippen LogP contribution in [0.2, 0.25) is 0 Å². The zero-order valence-electron chi connectivity index (χ0n) is 11.9. The molecule has 3 N–H and O–H groups in total. The van der Waals surface area contributed by atoms with Crippen LogP contribution in [0.3, 0.4) is 0 Å². The zero-order chi connectivity index (χ0) is 14.3. The second-order valence-electron chi connectivity index (χ2n) is 5.41. The van der Waals surface area contributed by atoms with Crippen molar-refractivity contribution in [3.05, 3.63) is 0 Å². The molecule has 0 saturated heterocycles. The monoisotopic (exact) mass is 270 g/mol. The number of hydrogen-bond acceptors (Lipinski definition) is 2. The molecular formula is C14H26N2O3. The first-order chi connectivity index (χ1) is 9.08. The molecule has 2 unspecified atom stereocenters. The molecule has 0 radical (unpaired) electrons. The minimum atomic E-state index is -0.735. The Balaban J connectivity index is 2.24. The lowest BCUT2D eigenvalue weighted by molar-refractivity contribution is -0.142. The van der Waals surface area contributed by atoms with Crippen molar-refractivity contribution in [1.82, 2.24) is 10.6 Å². The molecule has 0 aliphatic heterocycles. The zero-order valence-corrected chi connectivity index (χ0v) is 11.9. The molecule has 110 valence electrons. The minimum absolute atomic E-state index is 0.0800. The smallest absolute Gasteiger partial charge is 0.314 e. The van der Waals surface area contributed by atoms with E-state index in [1.807, 2.05) is 0 Å². The standard InChI is InChI=1S/C14H26N2O3/c1-3-10(4-2)8-15-14(19)16-9-11-6-5-7-12(11)13(17)18/h10-12H,3-9H2,1-2H3,(H,17,18)(H2,15,16,19). The lowest BCUT2D eigenvalue weighted by Gasteiger charge is -2.18. The Bertz CT molecular complexity index is 303. The van der Waals surface area contributed by atoms with Gasteiger partial charge in [-0.1, -0.05) is 33.1 Å². The molecule has 1 aliphatic carbocycles. The molecule has 19 heavy (non-hydrogen) atoms. The number of carboxylic acids is 1. The predicted molar refractivity (Wildman–Crippen MR) is 73.9 cm³/mol. The van der Waals surface area contributed by atoms with E-state index in [0.717, 1.165) is 32.1 Å². The van der Waals surface area contributed by atoms with Gasteiger partial charge in [-0.15, -0.1) is 0 Å². The quantitative estimate of drug-likeness (QED) is 0.663. The van der Waals surface area contributed by atoms with Crippen molar-refractivity contribution in [3.8, 4) is 0 Å². The van der Waals surface area contributed by atoms with Crippen LogP contribution < -0.4 is 10.6 Å². The van der Waals surface area contributed by atoms with Crippen LogP contribution in [0.25, 0.3) is 0 Å². The number of rotatable bonds is 7. The van der Waals surface area contributed by atoms with E-state index < -0.39 is 5.97 Å². The van der Waals surface area contributed by atoms with E-state index in [0.29, 0.717) is 19.0 Å². The molecule has 5 nitrogen and oxygen atoms in total. The molecule has 0 aromatic heterocycles. The Kier molecular flexibility index (Phi) is 6.67. The summed E-state index contributed by atoms with van der Waals surface area (Å²) in [5.74, 6) is -0.429. The van der Waals surface area contributed by atoms with Crippen LogP contribution in [0.15, 0.2) is 0 Å². The van der Waals surface area contributed by atoms with Gasteiger partial charge in [0.25, 0.3) is 0 Å². The maximum absolute atomic E-state index is 11.6. The Morgan fingerprint density at radius 3 is 2.47 bits per heavy atom. The van der Waals surface area contributed by atoms with E-state index in [1.165, 1.54) is 0 Å². The van der Waals surface area contributed by atoms with Crippen molar-refractivity contribution in [2.75, 3.05) is 13.1 Å². The van der Waals surface area contributed by atoms with Gasteiger partial charge in [0.2, 0.25) is 0 Å². The van der Waals surface area contributed by atoms with E-state index in [2.05, 4.69) is 24.5 Å². The maximum Gasteiger partial charge on any atom is 0.314 e. The number of nitrogens with one attached hydrogen (secondary N) is 2. The van der Waals surface area contributed by atoms with Crippen LogP contribution in [-0.4, -0.2) is 30.2 Å². The summed E-state index contributed by atoms with van der Waals surface area (Å²) in [7, 11) is 0. The van der Waals surface area contributed by atoms with Crippen LogP contribution >= 0.6 is 0 Å². The summed E-state index contributed by atoms with van der Waals surface area (Å²) in [6, 6.07) is -0.178. The Hall–Kier alpha value is -1.26. The molecule has 2 amide bonds. The van der Waals surface area contributed by atoms with Crippen molar-refractivity contribution in [1.29, 1.82) is 0 Å². The Labute approximate surface area is 115 Å². The summed E-state index contributed by atoms with van der Waals surface area (Å²) in [4.78, 5) is 22.7. The number of hydrogen-bond donors (Lipinski definition) is 3. The topological polar surface area (TPSA) is 78.4 Å². The van der Waals surface area contributed by atoms with E-state index in [-0.39, 0.29) is 17.9 Å². The molecule has 0 heterocycles. The normalized spacial score (nSPS) is 22.5. The highest BCUT2D eigenvalue weighted by Crippen LogP contribution is 2.31. The summed E-state index contributed by atoms with van der Waals surface area (Å²) >= 11 is 0. The molecule has 1 aliphatic rings. The summed E-state index contributed by atoms with van der Waals surface area (Å²) in [6.07, 6.45) is 4.68. The first-order valence-electron chi connectivity index (χ1n) is 7.32. The molecule has 0 aromatic rings. The van der Waals surface area contributed by atoms with Crippen molar-refractivity contribution in [2.45, 2.75) is 46.0 Å². The molecule has 1 fully saturated rings. The van der Waals surface area contributed by atoms with Crippen molar-refractivity contribution >= 4 is 12.0 Å². The minimum Gasteiger partial charge on any atom is -0.481 e. The predicted octanol–water partition coefficient (Wildman–Crippen LogP) is 2.22. The summed E-state index contributed by atoms with van der Waals surface area (Å²) < 4.78 is 0. The van der Waals surface area contributed by atoms with Gasteiger partial charge in [0, 0.05) is 13.1 Å². The van der Waals surface area contributed by atoms with E-state index in [1.54, 1.807) is 0 Å². The fourth-order valence-electron chi connectivity index (χ4n) is 2.71. The highest BCUT2D eigenvalue weighted by Gasteiger charge is 2.32. The fourth-order valence-corrected chi connectivity index (χ4v) is 2.71. The highest BCUT2D eigenvalue weighted by atomic mass is 16.4. The Morgan fingerprint density at radius 2 is 1.89 bits per heavy atom.